The van der Waals surface area contributed by atoms with E-state index in [1.54, 1.807) is 0 Å². The Morgan fingerprint density at radius 1 is 1.32 bits per heavy atom. The molecule has 1 fully saturated rings. The standard InChI is InChI=1S/C17H23NO4/c1-2-10-17(11-15(19)20,14-8-9-14)18-16(21)22-12-13-6-4-3-5-7-13/h3-7,14H,2,8-12H2,1H3,(H,18,21)(H,19,20). The number of benzene rings is 1. The van der Waals surface area contributed by atoms with Crippen LogP contribution < -0.4 is 5.32 Å². The average Bonchev–Trinajstić information content (AvgIpc) is 3.31. The summed E-state index contributed by atoms with van der Waals surface area (Å²) in [7, 11) is 0. The molecule has 2 N–H and O–H groups in total. The molecular formula is C17H23NO4. The van der Waals surface area contributed by atoms with Crippen LogP contribution in [0.15, 0.2) is 30.3 Å². The number of aliphatic carboxylic acids is 1. The van der Waals surface area contributed by atoms with Crippen LogP contribution in [0.4, 0.5) is 4.79 Å². The van der Waals surface area contributed by atoms with Gasteiger partial charge >= 0.3 is 12.1 Å². The van der Waals surface area contributed by atoms with Crippen LogP contribution in [0.5, 0.6) is 0 Å². The second kappa shape index (κ2) is 7.29. The number of carboxylic acid groups (broad SMARTS) is 1. The van der Waals surface area contributed by atoms with Gasteiger partial charge in [0.2, 0.25) is 0 Å². The minimum Gasteiger partial charge on any atom is -0.481 e. The maximum atomic E-state index is 12.1. The molecule has 120 valence electrons. The molecular weight excluding hydrogens is 282 g/mol. The van der Waals surface area contributed by atoms with Crippen LogP contribution in [-0.2, 0) is 16.1 Å². The van der Waals surface area contributed by atoms with Crippen molar-refractivity contribution >= 4 is 12.1 Å². The molecule has 1 amide bonds. The second-order valence-corrected chi connectivity index (χ2v) is 5.94. The summed E-state index contributed by atoms with van der Waals surface area (Å²) in [5.41, 5.74) is 0.234. The number of ether oxygens (including phenoxy) is 1. The van der Waals surface area contributed by atoms with Gasteiger partial charge in [-0.2, -0.15) is 0 Å². The first-order valence-corrected chi connectivity index (χ1v) is 7.76. The van der Waals surface area contributed by atoms with Gasteiger partial charge in [-0.05, 0) is 30.7 Å². The molecule has 1 aliphatic carbocycles. The number of rotatable bonds is 8. The topological polar surface area (TPSA) is 75.6 Å². The molecule has 2 rings (SSSR count). The van der Waals surface area contributed by atoms with Crippen molar-refractivity contribution in [1.82, 2.24) is 5.32 Å². The summed E-state index contributed by atoms with van der Waals surface area (Å²) in [5, 5.41) is 12.0. The van der Waals surface area contributed by atoms with E-state index in [9.17, 15) is 14.7 Å². The van der Waals surface area contributed by atoms with Crippen molar-refractivity contribution in [2.45, 2.75) is 51.2 Å². The van der Waals surface area contributed by atoms with Crippen molar-refractivity contribution in [3.05, 3.63) is 35.9 Å². The third-order valence-corrected chi connectivity index (χ3v) is 4.09. The van der Waals surface area contributed by atoms with E-state index in [-0.39, 0.29) is 18.9 Å². The van der Waals surface area contributed by atoms with Crippen molar-refractivity contribution in [3.8, 4) is 0 Å². The summed E-state index contributed by atoms with van der Waals surface area (Å²) in [5.74, 6) is -0.642. The molecule has 5 heteroatoms. The Morgan fingerprint density at radius 2 is 2.00 bits per heavy atom. The van der Waals surface area contributed by atoms with Crippen LogP contribution in [0.2, 0.25) is 0 Å². The van der Waals surface area contributed by atoms with Gasteiger partial charge in [0.15, 0.2) is 0 Å². The summed E-state index contributed by atoms with van der Waals surface area (Å²) in [6.45, 7) is 2.18. The number of carboxylic acids is 1. The van der Waals surface area contributed by atoms with Gasteiger partial charge in [-0.15, -0.1) is 0 Å². The van der Waals surface area contributed by atoms with Gasteiger partial charge in [0, 0.05) is 0 Å². The van der Waals surface area contributed by atoms with Crippen LogP contribution >= 0.6 is 0 Å². The summed E-state index contributed by atoms with van der Waals surface area (Å²) < 4.78 is 5.25. The zero-order valence-corrected chi connectivity index (χ0v) is 12.9. The third kappa shape index (κ3) is 4.48. The lowest BCUT2D eigenvalue weighted by Gasteiger charge is -2.33. The number of hydrogen-bond acceptors (Lipinski definition) is 3. The maximum absolute atomic E-state index is 12.1. The first kappa shape index (κ1) is 16.3. The largest absolute Gasteiger partial charge is 0.481 e. The summed E-state index contributed by atoms with van der Waals surface area (Å²) in [6, 6.07) is 9.42. The molecule has 1 aromatic carbocycles. The molecule has 1 unspecified atom stereocenters. The monoisotopic (exact) mass is 305 g/mol. The fourth-order valence-electron chi connectivity index (χ4n) is 2.96. The molecule has 0 aromatic heterocycles. The maximum Gasteiger partial charge on any atom is 0.407 e. The Kier molecular flexibility index (Phi) is 5.41. The van der Waals surface area contributed by atoms with Crippen molar-refractivity contribution in [3.63, 3.8) is 0 Å². The van der Waals surface area contributed by atoms with Crippen LogP contribution in [0.25, 0.3) is 0 Å². The number of nitrogens with one attached hydrogen (secondary N) is 1. The van der Waals surface area contributed by atoms with Gasteiger partial charge < -0.3 is 15.2 Å². The summed E-state index contributed by atoms with van der Waals surface area (Å²) in [6.07, 6.45) is 2.82. The SMILES string of the molecule is CCCC(CC(=O)O)(NC(=O)OCc1ccccc1)C1CC1. The highest BCUT2D eigenvalue weighted by Crippen LogP contribution is 2.44. The van der Waals surface area contributed by atoms with E-state index >= 15 is 0 Å². The Hall–Kier alpha value is -2.04. The molecule has 1 saturated carbocycles. The minimum atomic E-state index is -0.885. The molecule has 1 aromatic rings. The van der Waals surface area contributed by atoms with Gasteiger partial charge in [0.1, 0.15) is 6.61 Å². The lowest BCUT2D eigenvalue weighted by Crippen LogP contribution is -2.51. The highest BCUT2D eigenvalue weighted by Gasteiger charge is 2.47. The highest BCUT2D eigenvalue weighted by atomic mass is 16.5. The van der Waals surface area contributed by atoms with Crippen LogP contribution in [-0.4, -0.2) is 22.7 Å². The molecule has 22 heavy (non-hydrogen) atoms. The van der Waals surface area contributed by atoms with E-state index in [4.69, 9.17) is 4.74 Å². The molecule has 0 radical (unpaired) electrons. The fourth-order valence-corrected chi connectivity index (χ4v) is 2.96. The van der Waals surface area contributed by atoms with E-state index in [0.717, 1.165) is 24.8 Å². The van der Waals surface area contributed by atoms with Crippen LogP contribution in [0, 0.1) is 5.92 Å². The van der Waals surface area contributed by atoms with Crippen LogP contribution in [0.3, 0.4) is 0 Å². The second-order valence-electron chi connectivity index (χ2n) is 5.94. The van der Waals surface area contributed by atoms with Crippen molar-refractivity contribution < 1.29 is 19.4 Å². The number of alkyl carbamates (subject to hydrolysis) is 1. The fraction of sp³-hybridized carbons (Fsp3) is 0.529. The van der Waals surface area contributed by atoms with E-state index < -0.39 is 17.6 Å². The van der Waals surface area contributed by atoms with E-state index in [0.29, 0.717) is 6.42 Å². The molecule has 0 heterocycles. The summed E-state index contributed by atoms with van der Waals surface area (Å²) >= 11 is 0. The molecule has 0 spiro atoms. The Balaban J connectivity index is 1.96. The molecule has 5 nitrogen and oxygen atoms in total. The normalized spacial score (nSPS) is 16.6. The smallest absolute Gasteiger partial charge is 0.407 e. The first-order valence-electron chi connectivity index (χ1n) is 7.76. The quantitative estimate of drug-likeness (QED) is 0.772. The lowest BCUT2D eigenvalue weighted by atomic mass is 9.85. The predicted octanol–water partition coefficient (Wildman–Crippen LogP) is 3.34. The first-order chi connectivity index (χ1) is 10.6. The third-order valence-electron chi connectivity index (χ3n) is 4.09. The van der Waals surface area contributed by atoms with Gasteiger partial charge in [-0.25, -0.2) is 4.79 Å². The Labute approximate surface area is 130 Å². The molecule has 0 saturated heterocycles. The van der Waals surface area contributed by atoms with Gasteiger partial charge in [-0.1, -0.05) is 43.7 Å². The van der Waals surface area contributed by atoms with Crippen LogP contribution in [0.1, 0.15) is 44.6 Å². The molecule has 1 atom stereocenters. The molecule has 0 aliphatic heterocycles. The zero-order valence-electron chi connectivity index (χ0n) is 12.9. The average molecular weight is 305 g/mol. The zero-order chi connectivity index (χ0) is 16.0. The van der Waals surface area contributed by atoms with E-state index in [2.05, 4.69) is 5.32 Å². The lowest BCUT2D eigenvalue weighted by molar-refractivity contribution is -0.139. The molecule has 0 bridgehead atoms. The minimum absolute atomic E-state index is 0.0497. The van der Waals surface area contributed by atoms with E-state index in [1.165, 1.54) is 0 Å². The van der Waals surface area contributed by atoms with Gasteiger partial charge in [-0.3, -0.25) is 4.79 Å². The van der Waals surface area contributed by atoms with E-state index in [1.807, 2.05) is 37.3 Å². The van der Waals surface area contributed by atoms with Crippen molar-refractivity contribution in [2.75, 3.05) is 0 Å². The highest BCUT2D eigenvalue weighted by molar-refractivity contribution is 5.73. The van der Waals surface area contributed by atoms with Gasteiger partial charge in [0.05, 0.1) is 12.0 Å². The van der Waals surface area contributed by atoms with Crippen molar-refractivity contribution in [2.24, 2.45) is 5.92 Å². The number of carbonyl (C=O) groups excluding carboxylic acids is 1. The number of amides is 1. The van der Waals surface area contributed by atoms with Gasteiger partial charge in [0.25, 0.3) is 0 Å². The Bertz CT molecular complexity index is 513. The number of hydrogen-bond donors (Lipinski definition) is 2. The Morgan fingerprint density at radius 3 is 2.55 bits per heavy atom. The van der Waals surface area contributed by atoms with Crippen molar-refractivity contribution in [1.29, 1.82) is 0 Å². The number of carbonyl (C=O) groups is 2. The molecule has 1 aliphatic rings. The summed E-state index contributed by atoms with van der Waals surface area (Å²) in [4.78, 5) is 23.3. The predicted molar refractivity (Wildman–Crippen MR) is 82.4 cm³/mol.